The van der Waals surface area contributed by atoms with Crippen molar-refractivity contribution in [2.45, 2.75) is 13.1 Å². The van der Waals surface area contributed by atoms with Crippen LogP contribution in [0.15, 0.2) is 59.6 Å². The van der Waals surface area contributed by atoms with Crippen molar-refractivity contribution in [3.8, 4) is 17.0 Å². The highest BCUT2D eigenvalue weighted by Gasteiger charge is 2.18. The van der Waals surface area contributed by atoms with E-state index in [-0.39, 0.29) is 0 Å². The van der Waals surface area contributed by atoms with Crippen molar-refractivity contribution in [2.75, 3.05) is 38.7 Å². The van der Waals surface area contributed by atoms with Gasteiger partial charge in [0.25, 0.3) is 0 Å². The van der Waals surface area contributed by atoms with Gasteiger partial charge in [-0.1, -0.05) is 0 Å². The smallest absolute Gasteiger partial charge is 0.157 e. The maximum atomic E-state index is 5.64. The summed E-state index contributed by atoms with van der Waals surface area (Å²) in [4.78, 5) is 11.5. The maximum Gasteiger partial charge on any atom is 0.157 e. The Bertz CT molecular complexity index is 1150. The minimum atomic E-state index is 0.562. The van der Waals surface area contributed by atoms with Crippen LogP contribution in [0.1, 0.15) is 11.3 Å². The summed E-state index contributed by atoms with van der Waals surface area (Å²) in [6, 6.07) is 10.1. The molecule has 3 aromatic heterocycles. The number of morpholine rings is 1. The van der Waals surface area contributed by atoms with Gasteiger partial charge in [0.2, 0.25) is 0 Å². The van der Waals surface area contributed by atoms with Gasteiger partial charge < -0.3 is 19.2 Å². The second-order valence-corrected chi connectivity index (χ2v) is 7.46. The molecular formula is C23H25N5O3. The van der Waals surface area contributed by atoms with Crippen LogP contribution in [0.25, 0.3) is 16.9 Å². The third-order valence-corrected chi connectivity index (χ3v) is 5.49. The van der Waals surface area contributed by atoms with Crippen LogP contribution in [0.3, 0.4) is 0 Å². The normalized spacial score (nSPS) is 14.7. The van der Waals surface area contributed by atoms with Crippen LogP contribution in [0.4, 0.5) is 5.82 Å². The first-order valence-corrected chi connectivity index (χ1v) is 10.4. The lowest BCUT2D eigenvalue weighted by atomic mass is 10.1. The van der Waals surface area contributed by atoms with Gasteiger partial charge in [0.1, 0.15) is 23.0 Å². The number of benzene rings is 1. The fourth-order valence-corrected chi connectivity index (χ4v) is 3.91. The standard InChI is InChI=1S/C23H25N5O3/c1-29-20-5-4-17(13-18(20)16-27-8-11-30-12-9-27)22-23(25-14-19-3-2-10-31-19)28-7-6-24-15-21(28)26-22/h2-7,10,13,15,25H,8-9,11-12,14,16H2,1H3. The number of imidazole rings is 1. The molecule has 0 radical (unpaired) electrons. The van der Waals surface area contributed by atoms with Crippen molar-refractivity contribution in [3.05, 3.63) is 66.5 Å². The van der Waals surface area contributed by atoms with E-state index in [4.69, 9.17) is 18.9 Å². The van der Waals surface area contributed by atoms with Gasteiger partial charge in [-0.15, -0.1) is 0 Å². The number of nitrogens with one attached hydrogen (secondary N) is 1. The summed E-state index contributed by atoms with van der Waals surface area (Å²) < 4.78 is 18.6. The third kappa shape index (κ3) is 4.12. The zero-order chi connectivity index (χ0) is 21.0. The molecule has 1 saturated heterocycles. The van der Waals surface area contributed by atoms with Crippen LogP contribution in [0.2, 0.25) is 0 Å². The number of aromatic nitrogens is 3. The van der Waals surface area contributed by atoms with Crippen LogP contribution in [0.5, 0.6) is 5.75 Å². The average molecular weight is 419 g/mol. The molecule has 1 fully saturated rings. The van der Waals surface area contributed by atoms with E-state index in [0.717, 1.165) is 72.6 Å². The lowest BCUT2D eigenvalue weighted by Gasteiger charge is -2.27. The topological polar surface area (TPSA) is 77.1 Å². The fourth-order valence-electron chi connectivity index (χ4n) is 3.91. The number of nitrogens with zero attached hydrogens (tertiary/aromatic N) is 4. The summed E-state index contributed by atoms with van der Waals surface area (Å²) in [6.07, 6.45) is 7.11. The third-order valence-electron chi connectivity index (χ3n) is 5.49. The van der Waals surface area contributed by atoms with Gasteiger partial charge >= 0.3 is 0 Å². The molecule has 160 valence electrons. The van der Waals surface area contributed by atoms with E-state index in [2.05, 4.69) is 27.3 Å². The maximum absolute atomic E-state index is 5.64. The summed E-state index contributed by atoms with van der Waals surface area (Å²) >= 11 is 0. The summed E-state index contributed by atoms with van der Waals surface area (Å²) in [6.45, 7) is 4.74. The average Bonchev–Trinajstić information content (AvgIpc) is 3.46. The monoisotopic (exact) mass is 419 g/mol. The Hall–Kier alpha value is -3.36. The highest BCUT2D eigenvalue weighted by molar-refractivity contribution is 5.77. The van der Waals surface area contributed by atoms with Gasteiger partial charge in [-0.05, 0) is 30.3 Å². The number of ether oxygens (including phenoxy) is 2. The largest absolute Gasteiger partial charge is 0.496 e. The van der Waals surface area contributed by atoms with Crippen LogP contribution >= 0.6 is 0 Å². The summed E-state index contributed by atoms with van der Waals surface area (Å²) in [7, 11) is 1.71. The number of rotatable bonds is 7. The van der Waals surface area contributed by atoms with Crippen molar-refractivity contribution < 1.29 is 13.9 Å². The zero-order valence-corrected chi connectivity index (χ0v) is 17.5. The van der Waals surface area contributed by atoms with Gasteiger partial charge in [0.15, 0.2) is 5.65 Å². The van der Waals surface area contributed by atoms with Crippen LogP contribution in [-0.4, -0.2) is 52.7 Å². The van der Waals surface area contributed by atoms with Crippen molar-refractivity contribution in [2.24, 2.45) is 0 Å². The number of furan rings is 1. The molecule has 8 heteroatoms. The SMILES string of the molecule is COc1ccc(-c2nc3cnccn3c2NCc2ccco2)cc1CN1CCOCC1. The number of methoxy groups -OCH3 is 1. The Balaban J connectivity index is 1.51. The molecular weight excluding hydrogens is 394 g/mol. The second kappa shape index (κ2) is 8.79. The highest BCUT2D eigenvalue weighted by atomic mass is 16.5. The molecule has 8 nitrogen and oxygen atoms in total. The first-order valence-electron chi connectivity index (χ1n) is 10.4. The Kier molecular flexibility index (Phi) is 5.56. The van der Waals surface area contributed by atoms with Gasteiger partial charge in [0.05, 0.1) is 39.3 Å². The molecule has 0 unspecified atom stereocenters. The van der Waals surface area contributed by atoms with Gasteiger partial charge in [0, 0.05) is 43.2 Å². The minimum absolute atomic E-state index is 0.562. The van der Waals surface area contributed by atoms with E-state index >= 15 is 0 Å². The van der Waals surface area contributed by atoms with Crippen molar-refractivity contribution >= 4 is 11.5 Å². The summed E-state index contributed by atoms with van der Waals surface area (Å²) in [5.74, 6) is 2.64. The lowest BCUT2D eigenvalue weighted by molar-refractivity contribution is 0.0339. The lowest BCUT2D eigenvalue weighted by Crippen LogP contribution is -2.35. The molecule has 1 aliphatic rings. The Morgan fingerprint density at radius 3 is 2.90 bits per heavy atom. The van der Waals surface area contributed by atoms with Crippen molar-refractivity contribution in [1.82, 2.24) is 19.3 Å². The van der Waals surface area contributed by atoms with Crippen LogP contribution in [0, 0.1) is 0 Å². The summed E-state index contributed by atoms with van der Waals surface area (Å²) in [5.41, 5.74) is 3.80. The zero-order valence-electron chi connectivity index (χ0n) is 17.5. The molecule has 0 atom stereocenters. The van der Waals surface area contributed by atoms with E-state index in [9.17, 15) is 0 Å². The number of hydrogen-bond donors (Lipinski definition) is 1. The number of hydrogen-bond acceptors (Lipinski definition) is 7. The van der Waals surface area contributed by atoms with Crippen molar-refractivity contribution in [1.29, 1.82) is 0 Å². The van der Waals surface area contributed by atoms with Crippen LogP contribution < -0.4 is 10.1 Å². The minimum Gasteiger partial charge on any atom is -0.496 e. The molecule has 4 heterocycles. The molecule has 0 spiro atoms. The Morgan fingerprint density at radius 2 is 2.10 bits per heavy atom. The molecule has 1 aromatic carbocycles. The van der Waals surface area contributed by atoms with E-state index in [1.54, 1.807) is 25.8 Å². The number of fused-ring (bicyclic) bond motifs is 1. The van der Waals surface area contributed by atoms with Gasteiger partial charge in [-0.2, -0.15) is 0 Å². The van der Waals surface area contributed by atoms with E-state index in [1.165, 1.54) is 0 Å². The quantitative estimate of drug-likeness (QED) is 0.492. The molecule has 0 saturated carbocycles. The molecule has 0 aliphatic carbocycles. The Morgan fingerprint density at radius 1 is 1.19 bits per heavy atom. The fraction of sp³-hybridized carbons (Fsp3) is 0.304. The van der Waals surface area contributed by atoms with E-state index < -0.39 is 0 Å². The molecule has 4 aromatic rings. The molecule has 31 heavy (non-hydrogen) atoms. The van der Waals surface area contributed by atoms with E-state index in [0.29, 0.717) is 6.54 Å². The van der Waals surface area contributed by atoms with Crippen LogP contribution in [-0.2, 0) is 17.8 Å². The predicted octanol–water partition coefficient (Wildman–Crippen LogP) is 3.44. The summed E-state index contributed by atoms with van der Waals surface area (Å²) in [5, 5.41) is 3.49. The highest BCUT2D eigenvalue weighted by Crippen LogP contribution is 2.33. The van der Waals surface area contributed by atoms with Crippen molar-refractivity contribution in [3.63, 3.8) is 0 Å². The van der Waals surface area contributed by atoms with Gasteiger partial charge in [-0.3, -0.25) is 14.3 Å². The predicted molar refractivity (Wildman–Crippen MR) is 117 cm³/mol. The number of anilines is 1. The Labute approximate surface area is 180 Å². The first kappa shape index (κ1) is 19.6. The van der Waals surface area contributed by atoms with Gasteiger partial charge in [-0.25, -0.2) is 4.98 Å². The molecule has 0 amide bonds. The molecule has 1 aliphatic heterocycles. The first-order chi connectivity index (χ1) is 15.3. The second-order valence-electron chi connectivity index (χ2n) is 7.46. The van der Waals surface area contributed by atoms with E-state index in [1.807, 2.05) is 28.8 Å². The molecule has 5 rings (SSSR count). The molecule has 1 N–H and O–H groups in total. The molecule has 0 bridgehead atoms.